The number of para-hydroxylation sites is 1. The van der Waals surface area contributed by atoms with Gasteiger partial charge in [-0.15, -0.1) is 0 Å². The number of ether oxygens (including phenoxy) is 1. The molecule has 1 aliphatic heterocycles. The highest BCUT2D eigenvalue weighted by atomic mass is 16.5. The van der Waals surface area contributed by atoms with Gasteiger partial charge in [-0.25, -0.2) is 9.97 Å². The lowest BCUT2D eigenvalue weighted by Gasteiger charge is -2.32. The van der Waals surface area contributed by atoms with Gasteiger partial charge in [0.1, 0.15) is 5.75 Å². The number of methoxy groups -OCH3 is 1. The standard InChI is InChI=1S/C18H23N5O2/c1-22-7-9-23(10-8-22)17(24)15-12-20-18(21-13-15)19-11-14-5-3-4-6-16(14)25-2/h3-6,12-13H,7-11H2,1-2H3,(H,19,20,21). The number of rotatable bonds is 5. The zero-order valence-corrected chi connectivity index (χ0v) is 14.6. The zero-order chi connectivity index (χ0) is 17.6. The Balaban J connectivity index is 1.59. The molecule has 1 fully saturated rings. The van der Waals surface area contributed by atoms with Crippen molar-refractivity contribution in [3.05, 3.63) is 47.8 Å². The molecule has 1 aliphatic rings. The molecule has 0 atom stereocenters. The quantitative estimate of drug-likeness (QED) is 0.888. The molecule has 0 aliphatic carbocycles. The first-order valence-corrected chi connectivity index (χ1v) is 8.33. The van der Waals surface area contributed by atoms with Gasteiger partial charge in [-0.05, 0) is 13.1 Å². The third kappa shape index (κ3) is 4.24. The number of aromatic nitrogens is 2. The Morgan fingerprint density at radius 3 is 2.52 bits per heavy atom. The third-order valence-corrected chi connectivity index (χ3v) is 4.32. The third-order valence-electron chi connectivity index (χ3n) is 4.32. The molecule has 25 heavy (non-hydrogen) atoms. The summed E-state index contributed by atoms with van der Waals surface area (Å²) >= 11 is 0. The SMILES string of the molecule is COc1ccccc1CNc1ncc(C(=O)N2CCN(C)CC2)cn1. The van der Waals surface area contributed by atoms with Gasteiger partial charge in [0.2, 0.25) is 5.95 Å². The Labute approximate surface area is 147 Å². The minimum atomic E-state index is -0.00983. The molecule has 7 nitrogen and oxygen atoms in total. The van der Waals surface area contributed by atoms with Crippen LogP contribution >= 0.6 is 0 Å². The van der Waals surface area contributed by atoms with Gasteiger partial charge < -0.3 is 19.9 Å². The Kier molecular flexibility index (Phi) is 5.45. The Hall–Kier alpha value is -2.67. The maximum absolute atomic E-state index is 12.5. The maximum atomic E-state index is 12.5. The van der Waals surface area contributed by atoms with Crippen LogP contribution < -0.4 is 10.1 Å². The van der Waals surface area contributed by atoms with E-state index in [1.807, 2.05) is 29.2 Å². The molecule has 2 heterocycles. The second kappa shape index (κ2) is 7.94. The lowest BCUT2D eigenvalue weighted by molar-refractivity contribution is 0.0663. The summed E-state index contributed by atoms with van der Waals surface area (Å²) in [6.45, 7) is 3.82. The van der Waals surface area contributed by atoms with Crippen LogP contribution in [0.4, 0.5) is 5.95 Å². The number of amides is 1. The molecule has 0 unspecified atom stereocenters. The topological polar surface area (TPSA) is 70.6 Å². The van der Waals surface area contributed by atoms with E-state index < -0.39 is 0 Å². The van der Waals surface area contributed by atoms with Crippen LogP contribution in [0.15, 0.2) is 36.7 Å². The first-order chi connectivity index (χ1) is 12.2. The molecule has 0 saturated carbocycles. The number of benzene rings is 1. The molecule has 1 aromatic carbocycles. The van der Waals surface area contributed by atoms with Gasteiger partial charge in [-0.3, -0.25) is 4.79 Å². The summed E-state index contributed by atoms with van der Waals surface area (Å²) in [4.78, 5) is 25.1. The van der Waals surface area contributed by atoms with Crippen molar-refractivity contribution in [3.8, 4) is 5.75 Å². The van der Waals surface area contributed by atoms with Crippen LogP contribution in [0.25, 0.3) is 0 Å². The van der Waals surface area contributed by atoms with Crippen molar-refractivity contribution in [2.45, 2.75) is 6.54 Å². The van der Waals surface area contributed by atoms with E-state index in [1.54, 1.807) is 19.5 Å². The van der Waals surface area contributed by atoms with E-state index in [-0.39, 0.29) is 5.91 Å². The number of carbonyl (C=O) groups excluding carboxylic acids is 1. The van der Waals surface area contributed by atoms with Crippen LogP contribution in [0.1, 0.15) is 15.9 Å². The van der Waals surface area contributed by atoms with Gasteiger partial charge in [0.25, 0.3) is 5.91 Å². The normalized spacial score (nSPS) is 15.0. The predicted octanol–water partition coefficient (Wildman–Crippen LogP) is 1.48. The Bertz CT molecular complexity index is 712. The van der Waals surface area contributed by atoms with Crippen molar-refractivity contribution in [2.75, 3.05) is 45.7 Å². The molecule has 0 bridgehead atoms. The van der Waals surface area contributed by atoms with E-state index >= 15 is 0 Å². The van der Waals surface area contributed by atoms with Crippen molar-refractivity contribution >= 4 is 11.9 Å². The first kappa shape index (κ1) is 17.2. The maximum Gasteiger partial charge on any atom is 0.257 e. The van der Waals surface area contributed by atoms with Crippen molar-refractivity contribution < 1.29 is 9.53 Å². The molecular weight excluding hydrogens is 318 g/mol. The van der Waals surface area contributed by atoms with Crippen LogP contribution in [-0.2, 0) is 6.54 Å². The van der Waals surface area contributed by atoms with Crippen LogP contribution in [0.2, 0.25) is 0 Å². The van der Waals surface area contributed by atoms with E-state index in [0.717, 1.165) is 37.5 Å². The van der Waals surface area contributed by atoms with Crippen molar-refractivity contribution in [1.82, 2.24) is 19.8 Å². The molecule has 1 saturated heterocycles. The Morgan fingerprint density at radius 2 is 1.84 bits per heavy atom. The second-order valence-electron chi connectivity index (χ2n) is 6.06. The number of piperazine rings is 1. The minimum Gasteiger partial charge on any atom is -0.496 e. The smallest absolute Gasteiger partial charge is 0.257 e. The van der Waals surface area contributed by atoms with Crippen molar-refractivity contribution in [2.24, 2.45) is 0 Å². The molecule has 1 amide bonds. The number of nitrogens with zero attached hydrogens (tertiary/aromatic N) is 4. The fourth-order valence-electron chi connectivity index (χ4n) is 2.75. The molecule has 0 radical (unpaired) electrons. The van der Waals surface area contributed by atoms with Crippen LogP contribution in [0.3, 0.4) is 0 Å². The molecule has 1 N–H and O–H groups in total. The lowest BCUT2D eigenvalue weighted by atomic mass is 10.2. The predicted molar refractivity (Wildman–Crippen MR) is 95.8 cm³/mol. The van der Waals surface area contributed by atoms with E-state index in [2.05, 4.69) is 27.2 Å². The molecular formula is C18H23N5O2. The molecule has 3 rings (SSSR count). The van der Waals surface area contributed by atoms with E-state index in [9.17, 15) is 4.79 Å². The largest absolute Gasteiger partial charge is 0.496 e. The minimum absolute atomic E-state index is 0.00983. The number of hydrogen-bond donors (Lipinski definition) is 1. The lowest BCUT2D eigenvalue weighted by Crippen LogP contribution is -2.47. The number of hydrogen-bond acceptors (Lipinski definition) is 6. The number of anilines is 1. The van der Waals surface area contributed by atoms with Gasteiger partial charge in [-0.1, -0.05) is 18.2 Å². The highest BCUT2D eigenvalue weighted by Gasteiger charge is 2.20. The highest BCUT2D eigenvalue weighted by molar-refractivity contribution is 5.93. The van der Waals surface area contributed by atoms with Crippen molar-refractivity contribution in [3.63, 3.8) is 0 Å². The average molecular weight is 341 g/mol. The molecule has 1 aromatic heterocycles. The van der Waals surface area contributed by atoms with Crippen LogP contribution in [0.5, 0.6) is 5.75 Å². The van der Waals surface area contributed by atoms with Gasteiger partial charge in [0.15, 0.2) is 0 Å². The first-order valence-electron chi connectivity index (χ1n) is 8.33. The van der Waals surface area contributed by atoms with Gasteiger partial charge in [0.05, 0.1) is 12.7 Å². The summed E-state index contributed by atoms with van der Waals surface area (Å²) in [5.74, 6) is 1.29. The average Bonchev–Trinajstić information content (AvgIpc) is 2.67. The summed E-state index contributed by atoms with van der Waals surface area (Å²) in [5.41, 5.74) is 1.54. The highest BCUT2D eigenvalue weighted by Crippen LogP contribution is 2.18. The fraction of sp³-hybridized carbons (Fsp3) is 0.389. The number of carbonyl (C=O) groups is 1. The molecule has 132 valence electrons. The van der Waals surface area contributed by atoms with Gasteiger partial charge in [-0.2, -0.15) is 0 Å². The fourth-order valence-corrected chi connectivity index (χ4v) is 2.75. The van der Waals surface area contributed by atoms with E-state index in [1.165, 1.54) is 0 Å². The second-order valence-corrected chi connectivity index (χ2v) is 6.06. The monoisotopic (exact) mass is 341 g/mol. The van der Waals surface area contributed by atoms with Gasteiger partial charge in [0, 0.05) is 50.7 Å². The van der Waals surface area contributed by atoms with Crippen molar-refractivity contribution in [1.29, 1.82) is 0 Å². The van der Waals surface area contributed by atoms with Crippen LogP contribution in [0, 0.1) is 0 Å². The molecule has 2 aromatic rings. The number of nitrogens with one attached hydrogen (secondary N) is 1. The summed E-state index contributed by atoms with van der Waals surface area (Å²) in [5, 5.41) is 3.15. The zero-order valence-electron chi connectivity index (χ0n) is 14.6. The molecule has 7 heteroatoms. The summed E-state index contributed by atoms with van der Waals surface area (Å²) < 4.78 is 5.32. The summed E-state index contributed by atoms with van der Waals surface area (Å²) in [6, 6.07) is 7.78. The van der Waals surface area contributed by atoms with E-state index in [4.69, 9.17) is 4.74 Å². The molecule has 0 spiro atoms. The van der Waals surface area contributed by atoms with E-state index in [0.29, 0.717) is 18.1 Å². The van der Waals surface area contributed by atoms with Gasteiger partial charge >= 0.3 is 0 Å². The van der Waals surface area contributed by atoms with Crippen LogP contribution in [-0.4, -0.2) is 66.0 Å². The summed E-state index contributed by atoms with van der Waals surface area (Å²) in [6.07, 6.45) is 3.16. The summed E-state index contributed by atoms with van der Waals surface area (Å²) in [7, 11) is 3.71. The number of likely N-dealkylation sites (N-methyl/N-ethyl adjacent to an activating group) is 1. The Morgan fingerprint density at radius 1 is 1.16 bits per heavy atom.